The highest BCUT2D eigenvalue weighted by atomic mass is 35.5. The molecule has 8 nitrogen and oxygen atoms in total. The summed E-state index contributed by atoms with van der Waals surface area (Å²) in [4.78, 5) is 22.3. The smallest absolute Gasteiger partial charge is 0.275 e. The van der Waals surface area contributed by atoms with Crippen LogP contribution < -0.4 is 0 Å². The minimum absolute atomic E-state index is 0.0324. The number of hydrogen-bond acceptors (Lipinski definition) is 6. The summed E-state index contributed by atoms with van der Waals surface area (Å²) >= 11 is 6.31. The number of amides is 1. The molecule has 3 fully saturated rings. The van der Waals surface area contributed by atoms with E-state index < -0.39 is 0 Å². The second-order valence-corrected chi connectivity index (χ2v) is 9.26. The van der Waals surface area contributed by atoms with Crippen molar-refractivity contribution in [3.8, 4) is 0 Å². The number of likely N-dealkylation sites (tertiary alicyclic amines) is 2. The topological polar surface area (TPSA) is 80.3 Å². The van der Waals surface area contributed by atoms with E-state index in [0.29, 0.717) is 42.2 Å². The molecule has 1 spiro atoms. The molecule has 4 heterocycles. The molecule has 9 heteroatoms. The highest BCUT2D eigenvalue weighted by Gasteiger charge is 2.52. The number of carbonyl (C=O) groups is 1. The zero-order valence-corrected chi connectivity index (χ0v) is 17.7. The van der Waals surface area contributed by atoms with E-state index in [1.807, 2.05) is 11.8 Å². The maximum Gasteiger partial charge on any atom is 0.275 e. The highest BCUT2D eigenvalue weighted by Crippen LogP contribution is 2.50. The lowest BCUT2D eigenvalue weighted by Gasteiger charge is -2.40. The Morgan fingerprint density at radius 3 is 2.76 bits per heavy atom. The summed E-state index contributed by atoms with van der Waals surface area (Å²) in [6.07, 6.45) is 6.02. The Balaban J connectivity index is 1.44. The van der Waals surface area contributed by atoms with Crippen molar-refractivity contribution in [1.82, 2.24) is 29.7 Å². The zero-order valence-electron chi connectivity index (χ0n) is 17.0. The van der Waals surface area contributed by atoms with E-state index in [-0.39, 0.29) is 17.2 Å². The molecular formula is C20H27ClN6O2. The van der Waals surface area contributed by atoms with Crippen LogP contribution in [0.15, 0.2) is 10.7 Å². The maximum absolute atomic E-state index is 13.3. The molecule has 0 bridgehead atoms. The Labute approximate surface area is 175 Å². The van der Waals surface area contributed by atoms with Gasteiger partial charge in [0, 0.05) is 37.2 Å². The predicted octanol–water partition coefficient (Wildman–Crippen LogP) is 2.77. The number of carbonyl (C=O) groups excluding carboxylic acids is 1. The zero-order chi connectivity index (χ0) is 20.2. The fraction of sp³-hybridized carbons (Fsp3) is 0.700. The number of halogens is 1. The lowest BCUT2D eigenvalue weighted by Crippen LogP contribution is -2.42. The standard InChI is InChI=1S/C20H27ClN6O2/c1-3-27-11-15(21)16(23-27)19(28)26-10-14(18-22-17(24-29-18)13-4-5-13)20(12-26)6-8-25(2)9-7-20/h11,13-14H,3-10,12H2,1-2H3. The van der Waals surface area contributed by atoms with Gasteiger partial charge in [-0.1, -0.05) is 16.8 Å². The van der Waals surface area contributed by atoms with Crippen molar-refractivity contribution >= 4 is 17.5 Å². The fourth-order valence-corrected chi connectivity index (χ4v) is 5.02. The van der Waals surface area contributed by atoms with Crippen molar-refractivity contribution < 1.29 is 9.32 Å². The molecule has 0 radical (unpaired) electrons. The first-order valence-corrected chi connectivity index (χ1v) is 10.9. The van der Waals surface area contributed by atoms with Crippen LogP contribution in [-0.4, -0.2) is 68.9 Å². The van der Waals surface area contributed by atoms with E-state index in [1.165, 1.54) is 0 Å². The molecule has 29 heavy (non-hydrogen) atoms. The van der Waals surface area contributed by atoms with Crippen LogP contribution in [0, 0.1) is 5.41 Å². The van der Waals surface area contributed by atoms with Crippen molar-refractivity contribution in [1.29, 1.82) is 0 Å². The molecule has 1 unspecified atom stereocenters. The van der Waals surface area contributed by atoms with Crippen molar-refractivity contribution in [2.75, 3.05) is 33.2 Å². The van der Waals surface area contributed by atoms with Gasteiger partial charge in [0.05, 0.1) is 10.9 Å². The summed E-state index contributed by atoms with van der Waals surface area (Å²) in [6, 6.07) is 0. The van der Waals surface area contributed by atoms with E-state index in [1.54, 1.807) is 10.9 Å². The Morgan fingerprint density at radius 1 is 1.34 bits per heavy atom. The van der Waals surface area contributed by atoms with E-state index in [4.69, 9.17) is 21.1 Å². The van der Waals surface area contributed by atoms with Gasteiger partial charge in [-0.25, -0.2) is 0 Å². The third-order valence-corrected chi connectivity index (χ3v) is 7.14. The van der Waals surface area contributed by atoms with E-state index in [2.05, 4.69) is 22.2 Å². The number of aryl methyl sites for hydroxylation is 1. The Bertz CT molecular complexity index is 912. The van der Waals surface area contributed by atoms with Crippen molar-refractivity contribution in [3.63, 3.8) is 0 Å². The number of nitrogens with zero attached hydrogens (tertiary/aromatic N) is 6. The summed E-state index contributed by atoms with van der Waals surface area (Å²) in [6.45, 7) is 5.92. The number of rotatable bonds is 4. The average Bonchev–Trinajstić information content (AvgIpc) is 3.17. The molecule has 1 saturated carbocycles. The summed E-state index contributed by atoms with van der Waals surface area (Å²) in [5.74, 6) is 1.93. The van der Waals surface area contributed by atoms with Gasteiger partial charge in [0.25, 0.3) is 5.91 Å². The molecule has 5 rings (SSSR count). The highest BCUT2D eigenvalue weighted by molar-refractivity contribution is 6.33. The summed E-state index contributed by atoms with van der Waals surface area (Å²) in [5, 5.41) is 9.03. The monoisotopic (exact) mass is 418 g/mol. The molecule has 156 valence electrons. The van der Waals surface area contributed by atoms with Crippen LogP contribution >= 0.6 is 11.6 Å². The molecule has 1 atom stereocenters. The molecule has 3 aliphatic rings. The Hall–Kier alpha value is -1.93. The third-order valence-electron chi connectivity index (χ3n) is 6.86. The fourth-order valence-electron chi connectivity index (χ4n) is 4.78. The van der Waals surface area contributed by atoms with E-state index in [0.717, 1.165) is 44.6 Å². The van der Waals surface area contributed by atoms with Gasteiger partial charge in [-0.3, -0.25) is 9.48 Å². The lowest BCUT2D eigenvalue weighted by molar-refractivity contribution is 0.0720. The van der Waals surface area contributed by atoms with Crippen molar-refractivity contribution in [3.05, 3.63) is 28.6 Å². The first kappa shape index (κ1) is 19.1. The van der Waals surface area contributed by atoms with Gasteiger partial charge in [-0.05, 0) is 52.7 Å². The van der Waals surface area contributed by atoms with E-state index >= 15 is 0 Å². The SMILES string of the molecule is CCn1cc(Cl)c(C(=O)N2CC(c3nc(C4CC4)no3)C3(CCN(C)CC3)C2)n1. The molecule has 1 aliphatic carbocycles. The van der Waals surface area contributed by atoms with Gasteiger partial charge in [-0.15, -0.1) is 0 Å². The van der Waals surface area contributed by atoms with Crippen LogP contribution in [0.3, 0.4) is 0 Å². The van der Waals surface area contributed by atoms with Crippen LogP contribution in [0.5, 0.6) is 0 Å². The summed E-state index contributed by atoms with van der Waals surface area (Å²) < 4.78 is 7.43. The molecule has 0 aromatic carbocycles. The Kier molecular flexibility index (Phi) is 4.66. The second-order valence-electron chi connectivity index (χ2n) is 8.85. The van der Waals surface area contributed by atoms with Gasteiger partial charge in [0.15, 0.2) is 11.5 Å². The van der Waals surface area contributed by atoms with Crippen LogP contribution in [0.25, 0.3) is 0 Å². The average molecular weight is 419 g/mol. The quantitative estimate of drug-likeness (QED) is 0.759. The van der Waals surface area contributed by atoms with Gasteiger partial charge < -0.3 is 14.3 Å². The summed E-state index contributed by atoms with van der Waals surface area (Å²) in [7, 11) is 2.15. The van der Waals surface area contributed by atoms with Crippen molar-refractivity contribution in [2.24, 2.45) is 5.41 Å². The molecule has 2 aromatic rings. The molecule has 2 aromatic heterocycles. The Morgan fingerprint density at radius 2 is 2.10 bits per heavy atom. The van der Waals surface area contributed by atoms with Crippen LogP contribution in [0.4, 0.5) is 0 Å². The number of hydrogen-bond donors (Lipinski definition) is 0. The maximum atomic E-state index is 13.3. The van der Waals surface area contributed by atoms with Gasteiger partial charge in [0.2, 0.25) is 5.89 Å². The minimum Gasteiger partial charge on any atom is -0.339 e. The third kappa shape index (κ3) is 3.36. The summed E-state index contributed by atoms with van der Waals surface area (Å²) in [5.41, 5.74) is 0.302. The number of piperidine rings is 1. The van der Waals surface area contributed by atoms with Crippen LogP contribution in [-0.2, 0) is 6.54 Å². The normalized spacial score (nSPS) is 24.5. The van der Waals surface area contributed by atoms with Crippen molar-refractivity contribution in [2.45, 2.75) is 51.0 Å². The molecule has 0 N–H and O–H groups in total. The van der Waals surface area contributed by atoms with Crippen LogP contribution in [0.1, 0.15) is 66.6 Å². The first-order chi connectivity index (χ1) is 14.0. The molecular weight excluding hydrogens is 392 g/mol. The molecule has 2 saturated heterocycles. The minimum atomic E-state index is -0.107. The largest absolute Gasteiger partial charge is 0.339 e. The second kappa shape index (κ2) is 7.09. The number of aromatic nitrogens is 4. The van der Waals surface area contributed by atoms with Gasteiger partial charge in [0.1, 0.15) is 0 Å². The first-order valence-electron chi connectivity index (χ1n) is 10.5. The van der Waals surface area contributed by atoms with Gasteiger partial charge in [-0.2, -0.15) is 10.1 Å². The molecule has 2 aliphatic heterocycles. The van der Waals surface area contributed by atoms with E-state index in [9.17, 15) is 4.79 Å². The predicted molar refractivity (Wildman–Crippen MR) is 107 cm³/mol. The van der Waals surface area contributed by atoms with Gasteiger partial charge >= 0.3 is 0 Å². The molecule has 1 amide bonds. The van der Waals surface area contributed by atoms with Crippen LogP contribution in [0.2, 0.25) is 5.02 Å². The lowest BCUT2D eigenvalue weighted by atomic mass is 9.71.